The van der Waals surface area contributed by atoms with E-state index in [0.29, 0.717) is 36.6 Å². The number of carbonyl (C=O) groups excluding carboxylic acids is 1. The van der Waals surface area contributed by atoms with Crippen molar-refractivity contribution < 1.29 is 36.3 Å². The number of nitrogens with two attached hydrogens (primary N) is 1. The molecular formula is C52H74N10O8S2Si. The first-order valence-corrected chi connectivity index (χ1v) is 32.5. The van der Waals surface area contributed by atoms with Crippen molar-refractivity contribution in [3.63, 3.8) is 0 Å². The van der Waals surface area contributed by atoms with E-state index in [-0.39, 0.29) is 46.0 Å². The van der Waals surface area contributed by atoms with Crippen molar-refractivity contribution >= 4 is 51.0 Å². The number of nitrogen functional groups attached to an aromatic ring is 1. The number of anilines is 2. The van der Waals surface area contributed by atoms with Gasteiger partial charge in [0.2, 0.25) is 0 Å². The molecule has 5 N–H and O–H groups in total. The molecular weight excluding hydrogens is 985 g/mol. The number of hydrogen-bond donors (Lipinski definition) is 4. The van der Waals surface area contributed by atoms with Crippen molar-refractivity contribution in [2.45, 2.75) is 124 Å². The smallest absolute Gasteiger partial charge is 0.356 e. The Bertz CT molecular complexity index is 3030. The van der Waals surface area contributed by atoms with Crippen LogP contribution in [0.1, 0.15) is 120 Å². The molecule has 21 heteroatoms. The summed E-state index contributed by atoms with van der Waals surface area (Å²) in [5.41, 5.74) is 13.8. The number of hydrogen-bond acceptors (Lipinski definition) is 12. The molecule has 0 saturated heterocycles. The van der Waals surface area contributed by atoms with Gasteiger partial charge in [0, 0.05) is 62.1 Å². The van der Waals surface area contributed by atoms with E-state index in [2.05, 4.69) is 78.1 Å². The van der Waals surface area contributed by atoms with E-state index in [1.165, 1.54) is 12.5 Å². The second kappa shape index (κ2) is 23.5. The highest BCUT2D eigenvalue weighted by Crippen LogP contribution is 2.37. The third-order valence-electron chi connectivity index (χ3n) is 13.2. The number of benzene rings is 2. The van der Waals surface area contributed by atoms with E-state index in [9.17, 15) is 31.5 Å². The number of fused-ring (bicyclic) bond motifs is 2. The normalized spacial score (nSPS) is 15.8. The number of aromatic nitrogens is 8. The average molecular weight is 1060 g/mol. The number of aromatic carboxylic acids is 1. The van der Waals surface area contributed by atoms with Crippen LogP contribution in [0.25, 0.3) is 0 Å². The lowest BCUT2D eigenvalue weighted by Gasteiger charge is -2.30. The van der Waals surface area contributed by atoms with Gasteiger partial charge < -0.3 is 20.9 Å². The van der Waals surface area contributed by atoms with Gasteiger partial charge in [-0.25, -0.2) is 26.3 Å². The molecule has 0 radical (unpaired) electrons. The summed E-state index contributed by atoms with van der Waals surface area (Å²) in [4.78, 5) is 24.3. The zero-order chi connectivity index (χ0) is 53.4. The van der Waals surface area contributed by atoms with Crippen molar-refractivity contribution in [1.82, 2.24) is 39.5 Å². The van der Waals surface area contributed by atoms with E-state index in [4.69, 9.17) is 10.5 Å². The summed E-state index contributed by atoms with van der Waals surface area (Å²) >= 11 is 0. The lowest BCUT2D eigenvalue weighted by atomic mass is 9.76. The van der Waals surface area contributed by atoms with Crippen LogP contribution in [0.4, 0.5) is 11.4 Å². The van der Waals surface area contributed by atoms with E-state index in [1.54, 1.807) is 38.8 Å². The average Bonchev–Trinajstić information content (AvgIpc) is 4.11. The van der Waals surface area contributed by atoms with Gasteiger partial charge in [-0.3, -0.25) is 19.3 Å². The number of amides is 1. The molecule has 0 bridgehead atoms. The molecule has 0 spiro atoms. The van der Waals surface area contributed by atoms with Crippen molar-refractivity contribution in [2.24, 2.45) is 10.8 Å². The Morgan fingerprint density at radius 1 is 0.795 bits per heavy atom. The van der Waals surface area contributed by atoms with Gasteiger partial charge in [0.1, 0.15) is 26.4 Å². The summed E-state index contributed by atoms with van der Waals surface area (Å²) in [5, 5.41) is 32.5. The molecule has 8 rings (SSSR count). The number of aromatic amines is 1. The van der Waals surface area contributed by atoms with Crippen LogP contribution in [-0.4, -0.2) is 112 Å². The first kappa shape index (κ1) is 56.4. The molecule has 2 aliphatic carbocycles. The van der Waals surface area contributed by atoms with Crippen LogP contribution < -0.4 is 11.1 Å². The SMILES string of the molecule is CC1(C)CCc2c(C(=O)Nc3cnn(C(CCS(C)(=O)=O)c4ccccc4)c3)n[nH]c2C1.CC1(C)CCc2c(C(=O)O)nn(COCC[Si](C)(C)C)c2C1.CS(=O)(=O)CCC(c1ccccc1)n1cc(N)cn1. The summed E-state index contributed by atoms with van der Waals surface area (Å²) in [5.74, 6) is -1.04. The molecule has 4 aromatic heterocycles. The van der Waals surface area contributed by atoms with Crippen LogP contribution >= 0.6 is 0 Å². The summed E-state index contributed by atoms with van der Waals surface area (Å²) < 4.78 is 57.1. The highest BCUT2D eigenvalue weighted by Gasteiger charge is 2.34. The standard InChI is InChI=1S/C23H29N5O3S.C16H28N2O3Si.C13H17N3O2S/c1-23(2)11-9-18-19(13-23)26-27-21(18)22(29)25-17-14-24-28(15-17)20(10-12-32(3,30)31)16-7-5-4-6-8-16;1-16(2)7-6-12-13(10-16)18(17-14(12)15(19)20)11-21-8-9-22(3,4)5;1-19(17,18)8-7-13(11-5-3-2-4-6-11)16-10-12(14)9-15-16/h4-8,14-15,20H,9-13H2,1-3H3,(H,25,29)(H,26,27);6-11H2,1-5H3,(H,19,20);2-6,9-10,13H,7-8,14H2,1H3. The zero-order valence-corrected chi connectivity index (χ0v) is 46.4. The highest BCUT2D eigenvalue weighted by molar-refractivity contribution is 7.90. The molecule has 18 nitrogen and oxygen atoms in total. The van der Waals surface area contributed by atoms with Crippen molar-refractivity contribution in [1.29, 1.82) is 0 Å². The number of nitrogens with zero attached hydrogens (tertiary/aromatic N) is 7. The van der Waals surface area contributed by atoms with Crippen LogP contribution in [0.15, 0.2) is 85.5 Å². The molecule has 0 fully saturated rings. The third-order valence-corrected chi connectivity index (χ3v) is 16.8. The first-order valence-electron chi connectivity index (χ1n) is 24.7. The maximum atomic E-state index is 12.9. The number of rotatable bonds is 18. The van der Waals surface area contributed by atoms with Gasteiger partial charge in [-0.2, -0.15) is 20.4 Å². The lowest BCUT2D eigenvalue weighted by Crippen LogP contribution is -2.25. The second-order valence-electron chi connectivity index (χ2n) is 22.2. The fourth-order valence-corrected chi connectivity index (χ4v) is 11.1. The fourth-order valence-electron chi connectivity index (χ4n) is 9.03. The van der Waals surface area contributed by atoms with Crippen LogP contribution in [0, 0.1) is 10.8 Å². The largest absolute Gasteiger partial charge is 0.476 e. The van der Waals surface area contributed by atoms with Gasteiger partial charge in [-0.15, -0.1) is 0 Å². The molecule has 6 aromatic rings. The molecule has 2 unspecified atom stereocenters. The van der Waals surface area contributed by atoms with E-state index < -0.39 is 33.7 Å². The number of nitrogens with one attached hydrogen (secondary N) is 2. The maximum absolute atomic E-state index is 12.9. The highest BCUT2D eigenvalue weighted by atomic mass is 32.2. The third kappa shape index (κ3) is 16.8. The quantitative estimate of drug-likeness (QED) is 0.0468. The number of sulfone groups is 2. The van der Waals surface area contributed by atoms with Gasteiger partial charge in [0.25, 0.3) is 5.91 Å². The van der Waals surface area contributed by atoms with E-state index >= 15 is 0 Å². The minimum atomic E-state index is -3.12. The maximum Gasteiger partial charge on any atom is 0.356 e. The Morgan fingerprint density at radius 3 is 1.85 bits per heavy atom. The Hall–Kier alpha value is -5.90. The summed E-state index contributed by atoms with van der Waals surface area (Å²) in [6.07, 6.45) is 15.3. The fraction of sp³-hybridized carbons (Fsp3) is 0.500. The molecule has 0 aliphatic heterocycles. The molecule has 0 saturated carbocycles. The molecule has 1 amide bonds. The Kier molecular flexibility index (Phi) is 18.2. The van der Waals surface area contributed by atoms with Gasteiger partial charge >= 0.3 is 5.97 Å². The van der Waals surface area contributed by atoms with Crippen molar-refractivity contribution in [3.8, 4) is 0 Å². The van der Waals surface area contributed by atoms with Gasteiger partial charge in [0.05, 0.1) is 47.4 Å². The van der Waals surface area contributed by atoms with E-state index in [0.717, 1.165) is 84.8 Å². The van der Waals surface area contributed by atoms with Crippen molar-refractivity contribution in [3.05, 3.63) is 130 Å². The molecule has 2 aliphatic rings. The predicted molar refractivity (Wildman–Crippen MR) is 288 cm³/mol. The zero-order valence-electron chi connectivity index (χ0n) is 43.8. The van der Waals surface area contributed by atoms with Crippen LogP contribution in [0.3, 0.4) is 0 Å². The van der Waals surface area contributed by atoms with Gasteiger partial charge in [0.15, 0.2) is 11.4 Å². The topological polar surface area (TPSA) is 252 Å². The van der Waals surface area contributed by atoms with Gasteiger partial charge in [-0.05, 0) is 79.4 Å². The number of carbonyl (C=O) groups is 2. The second-order valence-corrected chi connectivity index (χ2v) is 32.4. The minimum absolute atomic E-state index is 0.0455. The summed E-state index contributed by atoms with van der Waals surface area (Å²) in [6, 6.07) is 20.1. The van der Waals surface area contributed by atoms with E-state index in [1.807, 2.05) is 60.7 Å². The summed E-state index contributed by atoms with van der Waals surface area (Å²) in [6.45, 7) is 16.9. The monoisotopic (exact) mass is 1060 g/mol. The Labute approximate surface area is 431 Å². The summed E-state index contributed by atoms with van der Waals surface area (Å²) in [7, 11) is -7.23. The van der Waals surface area contributed by atoms with Gasteiger partial charge in [-0.1, -0.05) is 108 Å². The Morgan fingerprint density at radius 2 is 1.33 bits per heavy atom. The molecule has 2 aromatic carbocycles. The first-order chi connectivity index (χ1) is 34.2. The number of carboxylic acids is 1. The number of carboxylic acid groups (broad SMARTS) is 1. The van der Waals surface area contributed by atoms with Crippen molar-refractivity contribution in [2.75, 3.05) is 41.7 Å². The minimum Gasteiger partial charge on any atom is -0.476 e. The van der Waals surface area contributed by atoms with Crippen LogP contribution in [-0.2, 0) is 56.8 Å². The molecule has 73 heavy (non-hydrogen) atoms. The Balaban J connectivity index is 0.000000187. The molecule has 2 atom stereocenters. The predicted octanol–water partition coefficient (Wildman–Crippen LogP) is 8.30. The number of ether oxygens (including phenoxy) is 1. The lowest BCUT2D eigenvalue weighted by molar-refractivity contribution is 0.0667. The van der Waals surface area contributed by atoms with Crippen LogP contribution in [0.2, 0.25) is 25.7 Å². The molecule has 4 heterocycles. The molecule has 396 valence electrons. The van der Waals surface area contributed by atoms with Crippen LogP contribution in [0.5, 0.6) is 0 Å². The number of H-pyrrole nitrogens is 1.